The van der Waals surface area contributed by atoms with Gasteiger partial charge in [0.25, 0.3) is 0 Å². The molecule has 2 aliphatic heterocycles. The molecule has 0 bridgehead atoms. The van der Waals surface area contributed by atoms with Crippen LogP contribution in [0.3, 0.4) is 0 Å². The molecule has 1 spiro atoms. The standard InChI is InChI=1S/C17H25NO3/c1-3-8-18-9-6-17(7-10-18)12-15(19)14-5-4-13(20-2)11-16(14)21-17/h4-5,11,15,19H,3,6-10,12H2,1-2H3/t15-/m1/s1. The number of aliphatic hydroxyl groups excluding tert-OH is 1. The van der Waals surface area contributed by atoms with Crippen LogP contribution < -0.4 is 9.47 Å². The lowest BCUT2D eigenvalue weighted by Crippen LogP contribution is -2.50. The van der Waals surface area contributed by atoms with Crippen LogP contribution in [0.2, 0.25) is 0 Å². The Morgan fingerprint density at radius 2 is 2.14 bits per heavy atom. The minimum atomic E-state index is -0.433. The molecule has 2 heterocycles. The van der Waals surface area contributed by atoms with Crippen molar-refractivity contribution in [1.82, 2.24) is 4.90 Å². The minimum Gasteiger partial charge on any atom is -0.497 e. The molecule has 1 aromatic rings. The molecule has 0 amide bonds. The van der Waals surface area contributed by atoms with E-state index < -0.39 is 6.10 Å². The molecular formula is C17H25NO3. The molecule has 0 aromatic heterocycles. The first kappa shape index (κ1) is 14.7. The second-order valence-electron chi connectivity index (χ2n) is 6.25. The summed E-state index contributed by atoms with van der Waals surface area (Å²) >= 11 is 0. The molecule has 3 rings (SSSR count). The zero-order valence-corrected chi connectivity index (χ0v) is 13.0. The van der Waals surface area contributed by atoms with Gasteiger partial charge in [0.1, 0.15) is 17.1 Å². The number of aliphatic hydroxyl groups is 1. The van der Waals surface area contributed by atoms with E-state index in [1.165, 1.54) is 6.42 Å². The summed E-state index contributed by atoms with van der Waals surface area (Å²) in [6.45, 7) is 5.48. The molecule has 1 aromatic carbocycles. The van der Waals surface area contributed by atoms with Gasteiger partial charge in [-0.25, -0.2) is 0 Å². The molecule has 0 saturated carbocycles. The second kappa shape index (κ2) is 5.85. The molecule has 0 unspecified atom stereocenters. The van der Waals surface area contributed by atoms with Crippen LogP contribution in [-0.4, -0.2) is 42.4 Å². The van der Waals surface area contributed by atoms with Gasteiger partial charge in [-0.05, 0) is 37.9 Å². The van der Waals surface area contributed by atoms with E-state index in [-0.39, 0.29) is 5.60 Å². The quantitative estimate of drug-likeness (QED) is 0.930. The molecule has 1 saturated heterocycles. The van der Waals surface area contributed by atoms with Crippen LogP contribution in [0.15, 0.2) is 18.2 Å². The number of fused-ring (bicyclic) bond motifs is 1. The molecule has 0 aliphatic carbocycles. The van der Waals surface area contributed by atoms with Crippen molar-refractivity contribution in [2.24, 2.45) is 0 Å². The van der Waals surface area contributed by atoms with Crippen molar-refractivity contribution in [3.05, 3.63) is 23.8 Å². The van der Waals surface area contributed by atoms with E-state index in [0.717, 1.165) is 49.5 Å². The number of hydrogen-bond donors (Lipinski definition) is 1. The van der Waals surface area contributed by atoms with Gasteiger partial charge >= 0.3 is 0 Å². The third-order valence-corrected chi connectivity index (χ3v) is 4.78. The van der Waals surface area contributed by atoms with Gasteiger partial charge in [-0.3, -0.25) is 0 Å². The molecule has 0 radical (unpaired) electrons. The smallest absolute Gasteiger partial charge is 0.129 e. The van der Waals surface area contributed by atoms with Gasteiger partial charge in [0.2, 0.25) is 0 Å². The number of piperidine rings is 1. The number of benzene rings is 1. The summed E-state index contributed by atoms with van der Waals surface area (Å²) in [4.78, 5) is 2.49. The van der Waals surface area contributed by atoms with Crippen LogP contribution in [0, 0.1) is 0 Å². The number of hydrogen-bond acceptors (Lipinski definition) is 4. The van der Waals surface area contributed by atoms with Gasteiger partial charge in [0.15, 0.2) is 0 Å². The Balaban J connectivity index is 1.78. The molecule has 1 atom stereocenters. The molecule has 2 aliphatic rings. The average Bonchev–Trinajstić information content (AvgIpc) is 2.49. The maximum Gasteiger partial charge on any atom is 0.129 e. The summed E-state index contributed by atoms with van der Waals surface area (Å²) in [6, 6.07) is 5.70. The topological polar surface area (TPSA) is 41.9 Å². The van der Waals surface area contributed by atoms with E-state index in [1.807, 2.05) is 18.2 Å². The Bertz CT molecular complexity index is 495. The monoisotopic (exact) mass is 291 g/mol. The molecule has 1 fully saturated rings. The Morgan fingerprint density at radius 3 is 2.81 bits per heavy atom. The highest BCUT2D eigenvalue weighted by Crippen LogP contribution is 2.45. The Morgan fingerprint density at radius 1 is 1.38 bits per heavy atom. The van der Waals surface area contributed by atoms with Gasteiger partial charge in [-0.2, -0.15) is 0 Å². The van der Waals surface area contributed by atoms with Crippen molar-refractivity contribution in [2.75, 3.05) is 26.7 Å². The zero-order valence-electron chi connectivity index (χ0n) is 13.0. The Kier molecular flexibility index (Phi) is 4.09. The third kappa shape index (κ3) is 2.87. The minimum absolute atomic E-state index is 0.205. The number of likely N-dealkylation sites (tertiary alicyclic amines) is 1. The second-order valence-corrected chi connectivity index (χ2v) is 6.25. The van der Waals surface area contributed by atoms with Crippen molar-refractivity contribution in [2.45, 2.75) is 44.3 Å². The van der Waals surface area contributed by atoms with Gasteiger partial charge in [0, 0.05) is 31.1 Å². The lowest BCUT2D eigenvalue weighted by molar-refractivity contribution is -0.0539. The van der Waals surface area contributed by atoms with Crippen LogP contribution in [0.4, 0.5) is 0 Å². The van der Waals surface area contributed by atoms with E-state index in [0.29, 0.717) is 6.42 Å². The number of nitrogens with zero attached hydrogens (tertiary/aromatic N) is 1. The Labute approximate surface area is 126 Å². The Hall–Kier alpha value is -1.26. The number of rotatable bonds is 3. The van der Waals surface area contributed by atoms with Gasteiger partial charge in [-0.1, -0.05) is 6.92 Å². The van der Waals surface area contributed by atoms with E-state index in [1.54, 1.807) is 7.11 Å². The van der Waals surface area contributed by atoms with Crippen molar-refractivity contribution in [1.29, 1.82) is 0 Å². The predicted molar refractivity (Wildman–Crippen MR) is 81.9 cm³/mol. The lowest BCUT2D eigenvalue weighted by atomic mass is 9.81. The van der Waals surface area contributed by atoms with E-state index in [4.69, 9.17) is 9.47 Å². The highest BCUT2D eigenvalue weighted by molar-refractivity contribution is 5.44. The van der Waals surface area contributed by atoms with Crippen LogP contribution in [0.5, 0.6) is 11.5 Å². The number of ether oxygens (including phenoxy) is 2. The van der Waals surface area contributed by atoms with E-state index >= 15 is 0 Å². The number of methoxy groups -OCH3 is 1. The fourth-order valence-electron chi connectivity index (χ4n) is 3.55. The summed E-state index contributed by atoms with van der Waals surface area (Å²) in [5, 5.41) is 10.5. The first-order valence-corrected chi connectivity index (χ1v) is 7.93. The molecular weight excluding hydrogens is 266 g/mol. The van der Waals surface area contributed by atoms with Gasteiger partial charge < -0.3 is 19.5 Å². The van der Waals surface area contributed by atoms with Crippen LogP contribution >= 0.6 is 0 Å². The largest absolute Gasteiger partial charge is 0.497 e. The van der Waals surface area contributed by atoms with E-state index in [2.05, 4.69) is 11.8 Å². The van der Waals surface area contributed by atoms with Crippen molar-refractivity contribution in [3.8, 4) is 11.5 Å². The van der Waals surface area contributed by atoms with Crippen molar-refractivity contribution < 1.29 is 14.6 Å². The summed E-state index contributed by atoms with van der Waals surface area (Å²) in [7, 11) is 1.65. The van der Waals surface area contributed by atoms with Crippen molar-refractivity contribution >= 4 is 0 Å². The molecule has 1 N–H and O–H groups in total. The van der Waals surface area contributed by atoms with Crippen molar-refractivity contribution in [3.63, 3.8) is 0 Å². The third-order valence-electron chi connectivity index (χ3n) is 4.78. The normalized spacial score (nSPS) is 24.4. The van der Waals surface area contributed by atoms with Crippen LogP contribution in [-0.2, 0) is 0 Å². The SMILES string of the molecule is CCCN1CCC2(CC1)C[C@@H](O)c1ccc(OC)cc1O2. The fraction of sp³-hybridized carbons (Fsp3) is 0.647. The molecule has 4 heteroatoms. The predicted octanol–water partition coefficient (Wildman–Crippen LogP) is 2.76. The summed E-state index contributed by atoms with van der Waals surface area (Å²) in [6.07, 6.45) is 3.43. The van der Waals surface area contributed by atoms with Gasteiger partial charge in [0.05, 0.1) is 13.2 Å². The summed E-state index contributed by atoms with van der Waals surface area (Å²) in [5.41, 5.74) is 0.681. The summed E-state index contributed by atoms with van der Waals surface area (Å²) in [5.74, 6) is 1.57. The summed E-state index contributed by atoms with van der Waals surface area (Å²) < 4.78 is 11.6. The van der Waals surface area contributed by atoms with E-state index in [9.17, 15) is 5.11 Å². The highest BCUT2D eigenvalue weighted by atomic mass is 16.5. The van der Waals surface area contributed by atoms with Crippen LogP contribution in [0.1, 0.15) is 44.3 Å². The first-order chi connectivity index (χ1) is 10.2. The molecule has 21 heavy (non-hydrogen) atoms. The maximum atomic E-state index is 10.5. The average molecular weight is 291 g/mol. The van der Waals surface area contributed by atoms with Crippen LogP contribution in [0.25, 0.3) is 0 Å². The lowest BCUT2D eigenvalue weighted by Gasteiger charge is -2.46. The molecule has 4 nitrogen and oxygen atoms in total. The zero-order chi connectivity index (χ0) is 14.9. The highest BCUT2D eigenvalue weighted by Gasteiger charge is 2.42. The fourth-order valence-corrected chi connectivity index (χ4v) is 3.55. The molecule has 116 valence electrons. The maximum absolute atomic E-state index is 10.5. The van der Waals surface area contributed by atoms with Gasteiger partial charge in [-0.15, -0.1) is 0 Å². The first-order valence-electron chi connectivity index (χ1n) is 7.93.